The highest BCUT2D eigenvalue weighted by Gasteiger charge is 1.96. The molecule has 1 atom stereocenters. The van der Waals surface area contributed by atoms with Crippen LogP contribution in [0, 0.1) is 0 Å². The van der Waals surface area contributed by atoms with Crippen molar-refractivity contribution < 1.29 is 0 Å². The van der Waals surface area contributed by atoms with E-state index in [0.29, 0.717) is 0 Å². The Morgan fingerprint density at radius 3 is 2.40 bits per heavy atom. The van der Waals surface area contributed by atoms with Gasteiger partial charge in [-0.05, 0) is 5.56 Å². The zero-order valence-electron chi connectivity index (χ0n) is 5.63. The van der Waals surface area contributed by atoms with Crippen LogP contribution in [0.25, 0.3) is 0 Å². The minimum atomic E-state index is -0.262. The van der Waals surface area contributed by atoms with Crippen LogP contribution in [0.5, 0.6) is 0 Å². The van der Waals surface area contributed by atoms with Gasteiger partial charge in [0.2, 0.25) is 0 Å². The summed E-state index contributed by atoms with van der Waals surface area (Å²) in [7, 11) is 0. The Kier molecular flexibility index (Phi) is 2.72. The van der Waals surface area contributed by atoms with E-state index in [4.69, 9.17) is 17.3 Å². The Morgan fingerprint density at radius 1 is 1.30 bits per heavy atom. The molecule has 0 saturated carbocycles. The van der Waals surface area contributed by atoms with E-state index in [9.17, 15) is 0 Å². The summed E-state index contributed by atoms with van der Waals surface area (Å²) in [5.41, 5.74) is 6.31. The number of rotatable bonds is 2. The van der Waals surface area contributed by atoms with E-state index in [0.717, 1.165) is 6.42 Å². The molecule has 2 N–H and O–H groups in total. The predicted octanol–water partition coefficient (Wildman–Crippen LogP) is 1.75. The number of alkyl halides is 1. The number of halogens is 1. The van der Waals surface area contributed by atoms with E-state index in [1.54, 1.807) is 0 Å². The topological polar surface area (TPSA) is 26.0 Å². The molecule has 0 saturated heterocycles. The Bertz CT molecular complexity index is 184. The summed E-state index contributed by atoms with van der Waals surface area (Å²) < 4.78 is 0. The fourth-order valence-electron chi connectivity index (χ4n) is 0.839. The quantitative estimate of drug-likeness (QED) is 0.511. The highest BCUT2D eigenvalue weighted by molar-refractivity contribution is 6.20. The van der Waals surface area contributed by atoms with Gasteiger partial charge in [-0.1, -0.05) is 30.3 Å². The maximum atomic E-state index is 5.59. The summed E-state index contributed by atoms with van der Waals surface area (Å²) >= 11 is 5.59. The molecule has 1 aromatic rings. The average Bonchev–Trinajstić information content (AvgIpc) is 1.88. The highest BCUT2D eigenvalue weighted by atomic mass is 35.5. The lowest BCUT2D eigenvalue weighted by Gasteiger charge is -2.01. The normalized spacial score (nSPS) is 13.0. The maximum Gasteiger partial charge on any atom is 0.0841 e. The van der Waals surface area contributed by atoms with Gasteiger partial charge in [0.25, 0.3) is 0 Å². The lowest BCUT2D eigenvalue weighted by atomic mass is 10.2. The van der Waals surface area contributed by atoms with Crippen LogP contribution >= 0.6 is 11.6 Å². The van der Waals surface area contributed by atoms with Gasteiger partial charge in [0.1, 0.15) is 0 Å². The van der Waals surface area contributed by atoms with Gasteiger partial charge in [0.15, 0.2) is 0 Å². The van der Waals surface area contributed by atoms with E-state index in [2.05, 4.69) is 0 Å². The van der Waals surface area contributed by atoms with Gasteiger partial charge in [0, 0.05) is 6.42 Å². The Balaban J connectivity index is 2.59. The van der Waals surface area contributed by atoms with Gasteiger partial charge >= 0.3 is 0 Å². The minimum Gasteiger partial charge on any atom is -0.315 e. The van der Waals surface area contributed by atoms with Gasteiger partial charge in [-0.25, -0.2) is 0 Å². The smallest absolute Gasteiger partial charge is 0.0841 e. The SMILES string of the molecule is N[C@@H](Cl)Cc1ccccc1. The molecule has 0 aliphatic carbocycles. The van der Waals surface area contributed by atoms with Crippen molar-refractivity contribution in [1.29, 1.82) is 0 Å². The van der Waals surface area contributed by atoms with Crippen LogP contribution in [-0.2, 0) is 6.42 Å². The number of benzene rings is 1. The summed E-state index contributed by atoms with van der Waals surface area (Å²) in [6.45, 7) is 0. The van der Waals surface area contributed by atoms with Crippen LogP contribution in [0.3, 0.4) is 0 Å². The third kappa shape index (κ3) is 2.38. The van der Waals surface area contributed by atoms with E-state index in [1.165, 1.54) is 5.56 Å². The molecule has 1 nitrogen and oxygen atoms in total. The van der Waals surface area contributed by atoms with Crippen LogP contribution in [0.4, 0.5) is 0 Å². The lowest BCUT2D eigenvalue weighted by molar-refractivity contribution is 0.890. The standard InChI is InChI=1S/C8H10ClN/c9-8(10)6-7-4-2-1-3-5-7/h1-5,8H,6,10H2/t8-/m1/s1. The van der Waals surface area contributed by atoms with Gasteiger partial charge < -0.3 is 5.73 Å². The fourth-order valence-corrected chi connectivity index (χ4v) is 1.02. The van der Waals surface area contributed by atoms with Crippen molar-refractivity contribution in [1.82, 2.24) is 0 Å². The molecule has 0 aliphatic heterocycles. The Hall–Kier alpha value is -0.530. The first-order valence-electron chi connectivity index (χ1n) is 3.22. The molecule has 0 aliphatic rings. The first-order chi connectivity index (χ1) is 4.79. The van der Waals surface area contributed by atoms with E-state index in [-0.39, 0.29) is 5.50 Å². The van der Waals surface area contributed by atoms with Crippen molar-refractivity contribution in [2.75, 3.05) is 0 Å². The van der Waals surface area contributed by atoms with Crippen molar-refractivity contribution in [3.8, 4) is 0 Å². The van der Waals surface area contributed by atoms with Crippen LogP contribution in [0.1, 0.15) is 5.56 Å². The minimum absolute atomic E-state index is 0.262. The zero-order chi connectivity index (χ0) is 7.40. The first kappa shape index (κ1) is 7.58. The second-order valence-electron chi connectivity index (χ2n) is 2.21. The Morgan fingerprint density at radius 2 is 1.90 bits per heavy atom. The van der Waals surface area contributed by atoms with Crippen LogP contribution in [0.15, 0.2) is 30.3 Å². The monoisotopic (exact) mass is 155 g/mol. The van der Waals surface area contributed by atoms with Crippen LogP contribution in [-0.4, -0.2) is 5.50 Å². The molecule has 0 fully saturated rings. The molecule has 0 spiro atoms. The van der Waals surface area contributed by atoms with Crippen LogP contribution in [0.2, 0.25) is 0 Å². The third-order valence-electron chi connectivity index (χ3n) is 1.27. The van der Waals surface area contributed by atoms with Crippen molar-refractivity contribution in [3.05, 3.63) is 35.9 Å². The molecule has 1 aromatic carbocycles. The zero-order valence-corrected chi connectivity index (χ0v) is 6.38. The molecular formula is C8H10ClN. The van der Waals surface area contributed by atoms with Crippen LogP contribution < -0.4 is 5.73 Å². The largest absolute Gasteiger partial charge is 0.315 e. The van der Waals surface area contributed by atoms with E-state index >= 15 is 0 Å². The van der Waals surface area contributed by atoms with Gasteiger partial charge in [-0.2, -0.15) is 0 Å². The van der Waals surface area contributed by atoms with Crippen molar-refractivity contribution in [2.24, 2.45) is 5.73 Å². The second kappa shape index (κ2) is 3.59. The first-order valence-corrected chi connectivity index (χ1v) is 3.66. The van der Waals surface area contributed by atoms with Gasteiger partial charge in [-0.3, -0.25) is 0 Å². The molecule has 10 heavy (non-hydrogen) atoms. The molecule has 0 bridgehead atoms. The fraction of sp³-hybridized carbons (Fsp3) is 0.250. The molecule has 0 radical (unpaired) electrons. The molecule has 0 heterocycles. The summed E-state index contributed by atoms with van der Waals surface area (Å²) in [6, 6.07) is 9.97. The predicted molar refractivity (Wildman–Crippen MR) is 44.0 cm³/mol. The summed E-state index contributed by atoms with van der Waals surface area (Å²) in [4.78, 5) is 0. The summed E-state index contributed by atoms with van der Waals surface area (Å²) in [6.07, 6.45) is 0.738. The highest BCUT2D eigenvalue weighted by Crippen LogP contribution is 2.02. The van der Waals surface area contributed by atoms with E-state index < -0.39 is 0 Å². The molecule has 54 valence electrons. The summed E-state index contributed by atoms with van der Waals surface area (Å²) in [5.74, 6) is 0. The number of hydrogen-bond acceptors (Lipinski definition) is 1. The van der Waals surface area contributed by atoms with Crippen molar-refractivity contribution >= 4 is 11.6 Å². The Labute approximate surface area is 65.8 Å². The van der Waals surface area contributed by atoms with E-state index in [1.807, 2.05) is 30.3 Å². The van der Waals surface area contributed by atoms with Crippen molar-refractivity contribution in [3.63, 3.8) is 0 Å². The molecule has 0 aromatic heterocycles. The molecule has 0 amide bonds. The lowest BCUT2D eigenvalue weighted by Crippen LogP contribution is -2.14. The number of hydrogen-bond donors (Lipinski definition) is 1. The maximum absolute atomic E-state index is 5.59. The second-order valence-corrected chi connectivity index (χ2v) is 2.77. The van der Waals surface area contributed by atoms with Gasteiger partial charge in [-0.15, -0.1) is 11.6 Å². The molecule has 0 unspecified atom stereocenters. The third-order valence-corrected chi connectivity index (χ3v) is 1.43. The van der Waals surface area contributed by atoms with Crippen molar-refractivity contribution in [2.45, 2.75) is 11.9 Å². The number of nitrogens with two attached hydrogens (primary N) is 1. The van der Waals surface area contributed by atoms with Gasteiger partial charge in [0.05, 0.1) is 5.50 Å². The summed E-state index contributed by atoms with van der Waals surface area (Å²) in [5, 5.41) is 0. The molecule has 1 rings (SSSR count). The molecular weight excluding hydrogens is 146 g/mol. The average molecular weight is 156 g/mol. The molecule has 2 heteroatoms.